The maximum atomic E-state index is 3.64. The van der Waals surface area contributed by atoms with Gasteiger partial charge in [-0.15, -0.1) is 0 Å². The van der Waals surface area contributed by atoms with Crippen LogP contribution in [0.15, 0.2) is 65.9 Å². The highest BCUT2D eigenvalue weighted by Gasteiger charge is 2.39. The van der Waals surface area contributed by atoms with Crippen molar-refractivity contribution in [3.05, 3.63) is 77.0 Å². The minimum atomic E-state index is -1.70. The fourth-order valence-corrected chi connectivity index (χ4v) is 5.34. The van der Waals surface area contributed by atoms with Crippen LogP contribution in [0.5, 0.6) is 0 Å². The first kappa shape index (κ1) is 21.3. The van der Waals surface area contributed by atoms with Crippen molar-refractivity contribution in [1.82, 2.24) is 0 Å². The zero-order valence-corrected chi connectivity index (χ0v) is 18.9. The molecule has 0 nitrogen and oxygen atoms in total. The molecule has 0 N–H and O–H groups in total. The third kappa shape index (κ3) is 5.71. The van der Waals surface area contributed by atoms with Gasteiger partial charge in [-0.25, -0.2) is 0 Å². The summed E-state index contributed by atoms with van der Waals surface area (Å²) in [5, 5.41) is 1.68. The van der Waals surface area contributed by atoms with E-state index in [1.165, 1.54) is 21.9 Å². The van der Waals surface area contributed by atoms with Crippen molar-refractivity contribution >= 4 is 13.6 Å². The lowest BCUT2D eigenvalue weighted by molar-refractivity contribution is 0.726. The van der Waals surface area contributed by atoms with Crippen LogP contribution < -0.4 is 0 Å². The number of hydrogen-bond donors (Lipinski definition) is 0. The molecule has 1 heteroatoms. The van der Waals surface area contributed by atoms with Gasteiger partial charge in [-0.2, -0.15) is 0 Å². The van der Waals surface area contributed by atoms with Crippen LogP contribution in [0, 0.1) is 11.8 Å². The molecule has 2 aromatic carbocycles. The molecule has 0 aliphatic heterocycles. The minimum Gasteiger partial charge on any atom is -0.0986 e. The van der Waals surface area contributed by atoms with E-state index in [1.54, 1.807) is 0 Å². The molecule has 0 radical (unpaired) electrons. The third-order valence-electron chi connectivity index (χ3n) is 5.91. The van der Waals surface area contributed by atoms with Gasteiger partial charge in [-0.1, -0.05) is 106 Å². The highest BCUT2D eigenvalue weighted by molar-refractivity contribution is 6.88. The molecular weight excluding hydrogens is 340 g/mol. The van der Waals surface area contributed by atoms with Crippen molar-refractivity contribution < 1.29 is 0 Å². The van der Waals surface area contributed by atoms with Crippen molar-refractivity contribution in [1.29, 1.82) is 0 Å². The Bertz CT molecular complexity index is 809. The van der Waals surface area contributed by atoms with E-state index in [9.17, 15) is 0 Å². The van der Waals surface area contributed by atoms with Gasteiger partial charge >= 0.3 is 0 Å². The first-order valence-corrected chi connectivity index (χ1v) is 13.0. The molecule has 0 heterocycles. The number of aryl methyl sites for hydroxylation is 1. The lowest BCUT2D eigenvalue weighted by Gasteiger charge is -2.38. The first-order chi connectivity index (χ1) is 12.7. The second kappa shape index (κ2) is 9.24. The summed E-state index contributed by atoms with van der Waals surface area (Å²) in [6.45, 7) is 14.3. The zero-order valence-electron chi connectivity index (χ0n) is 17.9. The van der Waals surface area contributed by atoms with E-state index in [0.717, 1.165) is 19.3 Å². The molecule has 0 aromatic heterocycles. The van der Waals surface area contributed by atoms with E-state index in [2.05, 4.69) is 113 Å². The fourth-order valence-electron chi connectivity index (χ4n) is 3.10. The van der Waals surface area contributed by atoms with Gasteiger partial charge in [0.15, 0.2) is 0 Å². The minimum absolute atomic E-state index is 0.275. The molecule has 27 heavy (non-hydrogen) atoms. The predicted molar refractivity (Wildman–Crippen MR) is 123 cm³/mol. The predicted octanol–water partition coefficient (Wildman–Crippen LogP) is 7.53. The molecule has 0 bridgehead atoms. The number of hydrogen-bond acceptors (Lipinski definition) is 0. The quantitative estimate of drug-likeness (QED) is 0.288. The lowest BCUT2D eigenvalue weighted by Crippen LogP contribution is -2.40. The summed E-state index contributed by atoms with van der Waals surface area (Å²) in [5.74, 6) is 7.15. The van der Waals surface area contributed by atoms with Crippen LogP contribution in [0.4, 0.5) is 0 Å². The molecule has 0 fully saturated rings. The van der Waals surface area contributed by atoms with Gasteiger partial charge < -0.3 is 0 Å². The Morgan fingerprint density at radius 1 is 0.889 bits per heavy atom. The Morgan fingerprint density at radius 2 is 1.44 bits per heavy atom. The van der Waals surface area contributed by atoms with E-state index in [4.69, 9.17) is 0 Å². The van der Waals surface area contributed by atoms with E-state index >= 15 is 0 Å². The highest BCUT2D eigenvalue weighted by Crippen LogP contribution is 2.42. The topological polar surface area (TPSA) is 0 Å². The highest BCUT2D eigenvalue weighted by atomic mass is 28.3. The smallest absolute Gasteiger partial charge is 0.0971 e. The molecule has 142 valence electrons. The van der Waals surface area contributed by atoms with Crippen LogP contribution in [0.1, 0.15) is 51.7 Å². The zero-order chi connectivity index (χ0) is 19.9. The van der Waals surface area contributed by atoms with Crippen molar-refractivity contribution in [2.24, 2.45) is 0 Å². The van der Waals surface area contributed by atoms with Gasteiger partial charge in [0, 0.05) is 6.42 Å². The summed E-state index contributed by atoms with van der Waals surface area (Å²) in [6, 6.07) is 21.4. The van der Waals surface area contributed by atoms with Crippen LogP contribution in [0.3, 0.4) is 0 Å². The van der Waals surface area contributed by atoms with Gasteiger partial charge in [0.05, 0.1) is 8.07 Å². The number of benzene rings is 2. The largest absolute Gasteiger partial charge is 0.0986 e. The van der Waals surface area contributed by atoms with Gasteiger partial charge in [0.2, 0.25) is 0 Å². The number of allylic oxidation sites excluding steroid dienone is 2. The van der Waals surface area contributed by atoms with Gasteiger partial charge in [0.25, 0.3) is 0 Å². The SMILES string of the molecule is C/C(=C(\C#CCCCc1ccccc1)[Si](C)(C)C(C)(C)C)c1ccccc1. The fraction of sp³-hybridized carbons (Fsp3) is 0.385. The average Bonchev–Trinajstić information content (AvgIpc) is 2.64. The number of rotatable bonds is 5. The Morgan fingerprint density at radius 3 is 2.00 bits per heavy atom. The third-order valence-corrected chi connectivity index (χ3v) is 11.4. The summed E-state index contributed by atoms with van der Waals surface area (Å²) in [5.41, 5.74) is 4.06. The van der Waals surface area contributed by atoms with Gasteiger partial charge in [0.1, 0.15) is 0 Å². The van der Waals surface area contributed by atoms with Crippen LogP contribution in [-0.2, 0) is 6.42 Å². The van der Waals surface area contributed by atoms with Crippen LogP contribution in [0.25, 0.3) is 5.57 Å². The van der Waals surface area contributed by atoms with E-state index < -0.39 is 8.07 Å². The lowest BCUT2D eigenvalue weighted by atomic mass is 10.1. The average molecular weight is 375 g/mol. The molecule has 2 rings (SSSR count). The molecule has 0 unspecified atom stereocenters. The molecular formula is C26H34Si. The Hall–Kier alpha value is -2.04. The molecule has 0 spiro atoms. The molecule has 0 saturated heterocycles. The maximum absolute atomic E-state index is 3.64. The van der Waals surface area contributed by atoms with Crippen molar-refractivity contribution in [2.45, 2.75) is 65.1 Å². The van der Waals surface area contributed by atoms with Crippen molar-refractivity contribution in [3.8, 4) is 11.8 Å². The molecule has 0 aliphatic carbocycles. The standard InChI is InChI=1S/C26H34Si/c1-22(24-19-13-9-14-20-24)25(27(5,6)26(2,3)4)21-15-8-12-18-23-16-10-7-11-17-23/h7,9-11,13-14,16-17,19-20H,8,12,18H2,1-6H3/b25-22-. The van der Waals surface area contributed by atoms with Crippen LogP contribution in [0.2, 0.25) is 18.1 Å². The summed E-state index contributed by atoms with van der Waals surface area (Å²) in [6.07, 6.45) is 3.17. The summed E-state index contributed by atoms with van der Waals surface area (Å²) in [4.78, 5) is 0. The van der Waals surface area contributed by atoms with Crippen LogP contribution in [-0.4, -0.2) is 8.07 Å². The van der Waals surface area contributed by atoms with Gasteiger partial charge in [-0.3, -0.25) is 0 Å². The summed E-state index contributed by atoms with van der Waals surface area (Å²) in [7, 11) is -1.70. The van der Waals surface area contributed by atoms with Crippen molar-refractivity contribution in [2.75, 3.05) is 0 Å². The van der Waals surface area contributed by atoms with E-state index in [1.807, 2.05) is 0 Å². The molecule has 0 aliphatic rings. The second-order valence-corrected chi connectivity index (χ2v) is 14.1. The molecule has 0 atom stereocenters. The summed E-state index contributed by atoms with van der Waals surface area (Å²) >= 11 is 0. The Labute approximate surface area is 167 Å². The molecule has 0 amide bonds. The van der Waals surface area contributed by atoms with Crippen molar-refractivity contribution in [3.63, 3.8) is 0 Å². The Kier molecular flexibility index (Phi) is 7.28. The Balaban J connectivity index is 2.24. The monoisotopic (exact) mass is 374 g/mol. The van der Waals surface area contributed by atoms with E-state index in [-0.39, 0.29) is 5.04 Å². The first-order valence-electron chi connectivity index (χ1n) is 10.0. The second-order valence-electron chi connectivity index (χ2n) is 8.88. The normalized spacial score (nSPS) is 12.8. The summed E-state index contributed by atoms with van der Waals surface area (Å²) < 4.78 is 0. The van der Waals surface area contributed by atoms with E-state index in [0.29, 0.717) is 0 Å². The molecule has 2 aromatic rings. The maximum Gasteiger partial charge on any atom is 0.0971 e. The van der Waals surface area contributed by atoms with Crippen LogP contribution >= 0.6 is 0 Å². The molecule has 0 saturated carbocycles. The number of unbranched alkanes of at least 4 members (excludes halogenated alkanes) is 1. The van der Waals surface area contributed by atoms with Gasteiger partial charge in [-0.05, 0) is 46.7 Å².